The molecule has 13 aromatic rings. The van der Waals surface area contributed by atoms with Gasteiger partial charge in [0.05, 0.1) is 12.7 Å². The summed E-state index contributed by atoms with van der Waals surface area (Å²) in [6.45, 7) is 8.63. The number of ether oxygens (including phenoxy) is 1. The van der Waals surface area contributed by atoms with Gasteiger partial charge in [-0.3, -0.25) is 14.4 Å². The molecule has 0 aliphatic carbocycles. The van der Waals surface area contributed by atoms with E-state index >= 15 is 0 Å². The second kappa shape index (κ2) is 25.0. The quantitative estimate of drug-likeness (QED) is 0.0658. The number of aromatic nitrogens is 4. The van der Waals surface area contributed by atoms with Gasteiger partial charge >= 0.3 is 5.97 Å². The van der Waals surface area contributed by atoms with Gasteiger partial charge in [-0.1, -0.05) is 74.0 Å². The Morgan fingerprint density at radius 3 is 1.75 bits per heavy atom. The van der Waals surface area contributed by atoms with Gasteiger partial charge in [0.15, 0.2) is 11.6 Å². The van der Waals surface area contributed by atoms with E-state index in [4.69, 9.17) is 30.9 Å². The molecule has 9 N–H and O–H groups in total. The molecule has 13 rings (SSSR count). The summed E-state index contributed by atoms with van der Waals surface area (Å²) in [5.74, 6) is 1.59. The van der Waals surface area contributed by atoms with Crippen molar-refractivity contribution in [3.05, 3.63) is 222 Å². The van der Waals surface area contributed by atoms with Crippen molar-refractivity contribution in [2.45, 2.75) is 39.7 Å². The molecule has 0 spiro atoms. The van der Waals surface area contributed by atoms with E-state index in [1.54, 1.807) is 59.3 Å². The number of carbonyl (C=O) groups is 4. The maximum absolute atomic E-state index is 12.7. The molecule has 5 aromatic carbocycles. The third-order valence-electron chi connectivity index (χ3n) is 13.8. The maximum Gasteiger partial charge on any atom is 0.339 e. The Labute approximate surface area is 510 Å². The van der Waals surface area contributed by atoms with Crippen LogP contribution < -0.4 is 33.2 Å². The summed E-state index contributed by atoms with van der Waals surface area (Å²) in [4.78, 5) is 65.0. The summed E-state index contributed by atoms with van der Waals surface area (Å²) in [6, 6.07) is 51.4. The van der Waals surface area contributed by atoms with Crippen molar-refractivity contribution in [1.82, 2.24) is 25.4 Å². The minimum atomic E-state index is -0.476. The topological polar surface area (TPSA) is 270 Å². The minimum Gasteiger partial charge on any atom is -0.465 e. The number of nitrogen functional groups attached to an aromatic ring is 3. The van der Waals surface area contributed by atoms with Crippen molar-refractivity contribution in [2.24, 2.45) is 0 Å². The highest BCUT2D eigenvalue weighted by Gasteiger charge is 2.22. The Morgan fingerprint density at radius 1 is 0.552 bits per heavy atom. The standard InChI is InChI=1S/C24H17N3O4S.C22H19N3OS.C21H20N4O2S/c1-30-24(29)15-9-17(22(25)26-12-15)21-11-14-8-16(6-7-20(14)32-21)27-23(28)19-10-13-4-2-3-5-18(13)31-19;1-14-4-2-5-15(10-14)13-25-22(26)16-7-8-19-17(11-16)12-20(27-19)18-6-3-9-24-21(18)23;1-21(2,3)17-11-18(25-27-17)24-20(26)12-6-7-15-13(9-12)10-16(28-15)14-5-4-8-23-19(14)22/h2-12H,1H3,(H2,25,26)(H,27,28);2-12H,13H2,1H3,(H2,23,24)(H,25,26);4-11H,1-3H3,(H2,22,23)(H,24,25,26). The molecular formula is C67H56N10O7S3. The number of anilines is 5. The lowest BCUT2D eigenvalue weighted by Crippen LogP contribution is -2.22. The number of methoxy groups -OCH3 is 1. The zero-order valence-corrected chi connectivity index (χ0v) is 50.1. The summed E-state index contributed by atoms with van der Waals surface area (Å²) in [5, 5.41) is 16.4. The molecule has 3 amide bonds. The number of aryl methyl sites for hydroxylation is 1. The molecule has 0 aliphatic rings. The molecule has 0 atom stereocenters. The monoisotopic (exact) mass is 1210 g/mol. The number of pyridine rings is 3. The van der Waals surface area contributed by atoms with Gasteiger partial charge in [-0.05, 0) is 144 Å². The van der Waals surface area contributed by atoms with E-state index in [0.717, 1.165) is 72.7 Å². The molecule has 434 valence electrons. The molecule has 0 saturated heterocycles. The second-order valence-corrected chi connectivity index (χ2v) is 24.4. The molecule has 8 aromatic heterocycles. The first kappa shape index (κ1) is 58.2. The number of hydrogen-bond acceptors (Lipinski definition) is 17. The summed E-state index contributed by atoms with van der Waals surface area (Å²) < 4.78 is 18.9. The molecule has 0 saturated carbocycles. The van der Waals surface area contributed by atoms with Crippen molar-refractivity contribution in [2.75, 3.05) is 34.9 Å². The third kappa shape index (κ3) is 13.4. The Balaban J connectivity index is 0.000000136. The summed E-state index contributed by atoms with van der Waals surface area (Å²) in [7, 11) is 1.32. The average molecular weight is 1210 g/mol. The number of carbonyl (C=O) groups excluding carboxylic acids is 4. The summed E-state index contributed by atoms with van der Waals surface area (Å²) in [6.07, 6.45) is 4.75. The Bertz CT molecular complexity index is 4710. The fraction of sp³-hybridized carbons (Fsp3) is 0.104. The van der Waals surface area contributed by atoms with Crippen LogP contribution in [0.5, 0.6) is 0 Å². The van der Waals surface area contributed by atoms with Crippen LogP contribution in [0.3, 0.4) is 0 Å². The number of furan rings is 1. The van der Waals surface area contributed by atoms with Gasteiger partial charge in [-0.2, -0.15) is 0 Å². The van der Waals surface area contributed by atoms with Gasteiger partial charge in [0.2, 0.25) is 0 Å². The lowest BCUT2D eigenvalue weighted by atomic mass is 9.93. The first-order valence-electron chi connectivity index (χ1n) is 27.2. The number of thiophene rings is 3. The van der Waals surface area contributed by atoms with Gasteiger partial charge < -0.3 is 46.8 Å². The van der Waals surface area contributed by atoms with Gasteiger partial charge in [-0.25, -0.2) is 19.7 Å². The van der Waals surface area contributed by atoms with Crippen LogP contribution >= 0.6 is 34.0 Å². The van der Waals surface area contributed by atoms with Crippen LogP contribution in [0.1, 0.15) is 79.3 Å². The highest BCUT2D eigenvalue weighted by molar-refractivity contribution is 7.23. The third-order valence-corrected chi connectivity index (χ3v) is 17.3. The van der Waals surface area contributed by atoms with Crippen LogP contribution in [0.2, 0.25) is 0 Å². The highest BCUT2D eigenvalue weighted by atomic mass is 32.1. The molecule has 0 fully saturated rings. The lowest BCUT2D eigenvalue weighted by molar-refractivity contribution is 0.0599. The zero-order valence-electron chi connectivity index (χ0n) is 47.6. The Hall–Kier alpha value is -10.5. The molecule has 20 heteroatoms. The maximum atomic E-state index is 12.7. The Morgan fingerprint density at radius 2 is 1.15 bits per heavy atom. The van der Waals surface area contributed by atoms with Crippen LogP contribution in [0.15, 0.2) is 191 Å². The molecule has 0 bridgehead atoms. The fourth-order valence-corrected chi connectivity index (χ4v) is 12.5. The van der Waals surface area contributed by atoms with Crippen molar-refractivity contribution in [3.8, 4) is 31.3 Å². The second-order valence-electron chi connectivity index (χ2n) is 21.2. The summed E-state index contributed by atoms with van der Waals surface area (Å²) in [5.41, 5.74) is 25.4. The van der Waals surface area contributed by atoms with Crippen LogP contribution in [0.25, 0.3) is 72.5 Å². The minimum absolute atomic E-state index is 0.0768. The molecule has 0 radical (unpaired) electrons. The van der Waals surface area contributed by atoms with E-state index in [2.05, 4.69) is 48.2 Å². The number of esters is 1. The number of benzene rings is 5. The predicted octanol–water partition coefficient (Wildman–Crippen LogP) is 15.2. The number of nitrogens with one attached hydrogen (secondary N) is 3. The first-order chi connectivity index (χ1) is 41.9. The normalized spacial score (nSPS) is 11.2. The molecule has 0 aliphatic heterocycles. The SMILES string of the molecule is CC(C)(C)c1cc(NC(=O)c2ccc3sc(-c4cccnc4N)cc3c2)no1.COC(=O)c1cnc(N)c(-c2cc3cc(NC(=O)c4cc5ccccc5o4)ccc3s2)c1.Cc1cccc(CNC(=O)c2ccc3sc(-c4cccnc4N)cc3c2)c1. The Kier molecular flexibility index (Phi) is 16.7. The number of rotatable bonds is 11. The largest absolute Gasteiger partial charge is 0.465 e. The number of nitrogens with zero attached hydrogens (tertiary/aromatic N) is 4. The van der Waals surface area contributed by atoms with Crippen molar-refractivity contribution >= 4 is 128 Å². The zero-order chi connectivity index (χ0) is 60.9. The molecule has 0 unspecified atom stereocenters. The summed E-state index contributed by atoms with van der Waals surface area (Å²) >= 11 is 4.78. The van der Waals surface area contributed by atoms with Crippen LogP contribution in [0.4, 0.5) is 29.0 Å². The molecular weight excluding hydrogens is 1150 g/mol. The predicted molar refractivity (Wildman–Crippen MR) is 349 cm³/mol. The fourth-order valence-electron chi connectivity index (χ4n) is 9.31. The number of para-hydroxylation sites is 1. The van der Waals surface area contributed by atoms with Crippen molar-refractivity contribution in [3.63, 3.8) is 0 Å². The van der Waals surface area contributed by atoms with E-state index in [-0.39, 0.29) is 28.9 Å². The lowest BCUT2D eigenvalue weighted by Gasteiger charge is -2.12. The van der Waals surface area contributed by atoms with Gasteiger partial charge in [0.25, 0.3) is 17.7 Å². The van der Waals surface area contributed by atoms with Crippen molar-refractivity contribution in [1.29, 1.82) is 0 Å². The van der Waals surface area contributed by atoms with Crippen LogP contribution in [-0.2, 0) is 16.7 Å². The highest BCUT2D eigenvalue weighted by Crippen LogP contribution is 2.40. The van der Waals surface area contributed by atoms with Crippen LogP contribution in [0, 0.1) is 6.92 Å². The van der Waals surface area contributed by atoms with E-state index < -0.39 is 5.97 Å². The first-order valence-corrected chi connectivity index (χ1v) is 29.7. The van der Waals surface area contributed by atoms with E-state index in [1.165, 1.54) is 30.2 Å². The van der Waals surface area contributed by atoms with E-state index in [1.807, 2.05) is 155 Å². The average Bonchev–Trinajstić information content (AvgIpc) is 3.21. The van der Waals surface area contributed by atoms with Gasteiger partial charge in [0, 0.05) is 104 Å². The number of amides is 3. The van der Waals surface area contributed by atoms with E-state index in [9.17, 15) is 19.2 Å². The molecule has 87 heavy (non-hydrogen) atoms. The van der Waals surface area contributed by atoms with Crippen LogP contribution in [-0.4, -0.2) is 50.9 Å². The molecule has 8 heterocycles. The number of hydrogen-bond donors (Lipinski definition) is 6. The van der Waals surface area contributed by atoms with Gasteiger partial charge in [0.1, 0.15) is 28.8 Å². The van der Waals surface area contributed by atoms with Gasteiger partial charge in [-0.15, -0.1) is 34.0 Å². The van der Waals surface area contributed by atoms with E-state index in [0.29, 0.717) is 63.3 Å². The number of fused-ring (bicyclic) bond motifs is 4. The van der Waals surface area contributed by atoms with Crippen molar-refractivity contribution < 1.29 is 32.9 Å². The smallest absolute Gasteiger partial charge is 0.339 e. The molecule has 17 nitrogen and oxygen atoms in total. The number of nitrogens with two attached hydrogens (primary N) is 3.